The highest BCUT2D eigenvalue weighted by atomic mass is 79.9. The van der Waals surface area contributed by atoms with E-state index in [1.54, 1.807) is 25.6 Å². The van der Waals surface area contributed by atoms with Gasteiger partial charge in [-0.1, -0.05) is 0 Å². The topological polar surface area (TPSA) is 31.4 Å². The average Bonchev–Trinajstić information content (AvgIpc) is 2.69. The molecule has 0 spiro atoms. The van der Waals surface area contributed by atoms with Crippen LogP contribution in [0.3, 0.4) is 0 Å². The van der Waals surface area contributed by atoms with Gasteiger partial charge in [-0.3, -0.25) is 0 Å². The molecule has 2 rings (SSSR count). The summed E-state index contributed by atoms with van der Waals surface area (Å²) >= 11 is 5.09. The second-order valence-corrected chi connectivity index (χ2v) is 6.22. The second kappa shape index (κ2) is 5.28. The lowest BCUT2D eigenvalue weighted by Crippen LogP contribution is -1.93. The van der Waals surface area contributed by atoms with Crippen molar-refractivity contribution in [1.29, 1.82) is 0 Å². The number of nitrogens with zero attached hydrogens (tertiary/aromatic N) is 1. The molecule has 0 fully saturated rings. The first-order valence-electron chi connectivity index (χ1n) is 5.42. The predicted octanol–water partition coefficient (Wildman–Crippen LogP) is 4.21. The zero-order valence-corrected chi connectivity index (χ0v) is 13.1. The molecule has 0 saturated heterocycles. The van der Waals surface area contributed by atoms with Gasteiger partial charge in [0, 0.05) is 0 Å². The fraction of sp³-hybridized carbons (Fsp3) is 0.308. The van der Waals surface area contributed by atoms with Crippen LogP contribution in [0.2, 0.25) is 0 Å². The summed E-state index contributed by atoms with van der Waals surface area (Å²) in [5.41, 5.74) is 2.99. The van der Waals surface area contributed by atoms with E-state index in [0.717, 1.165) is 37.1 Å². The minimum atomic E-state index is 0.814. The van der Waals surface area contributed by atoms with E-state index in [2.05, 4.69) is 20.9 Å². The molecule has 0 N–H and O–H groups in total. The van der Waals surface area contributed by atoms with Crippen molar-refractivity contribution < 1.29 is 9.47 Å². The number of rotatable bonds is 3. The van der Waals surface area contributed by atoms with Gasteiger partial charge in [-0.25, -0.2) is 4.98 Å². The summed E-state index contributed by atoms with van der Waals surface area (Å²) in [5.74, 6) is 1.66. The molecule has 0 aliphatic carbocycles. The third-order valence-corrected chi connectivity index (χ3v) is 4.73. The zero-order chi connectivity index (χ0) is 13.3. The van der Waals surface area contributed by atoms with Crippen LogP contribution in [0.25, 0.3) is 10.6 Å². The SMILES string of the molecule is COc1cc(-c2nc(C)c(Br)s2)c(OC)cc1C. The monoisotopic (exact) mass is 327 g/mol. The van der Waals surface area contributed by atoms with E-state index >= 15 is 0 Å². The summed E-state index contributed by atoms with van der Waals surface area (Å²) in [6.07, 6.45) is 0. The predicted molar refractivity (Wildman–Crippen MR) is 77.8 cm³/mol. The van der Waals surface area contributed by atoms with Crippen molar-refractivity contribution in [3.8, 4) is 22.1 Å². The van der Waals surface area contributed by atoms with Crippen molar-refractivity contribution in [2.45, 2.75) is 13.8 Å². The van der Waals surface area contributed by atoms with E-state index in [1.165, 1.54) is 0 Å². The van der Waals surface area contributed by atoms with Gasteiger partial charge in [0.1, 0.15) is 16.5 Å². The van der Waals surface area contributed by atoms with Crippen LogP contribution in [0.5, 0.6) is 11.5 Å². The Kier molecular flexibility index (Phi) is 3.92. The van der Waals surface area contributed by atoms with E-state index in [4.69, 9.17) is 9.47 Å². The summed E-state index contributed by atoms with van der Waals surface area (Å²) in [6.45, 7) is 3.97. The quantitative estimate of drug-likeness (QED) is 0.846. The van der Waals surface area contributed by atoms with Gasteiger partial charge in [-0.15, -0.1) is 11.3 Å². The van der Waals surface area contributed by atoms with Crippen LogP contribution in [0, 0.1) is 13.8 Å². The summed E-state index contributed by atoms with van der Waals surface area (Å²) in [5, 5.41) is 0.925. The summed E-state index contributed by atoms with van der Waals surface area (Å²) in [7, 11) is 3.34. The number of thiazole rings is 1. The molecule has 0 radical (unpaired) electrons. The number of hydrogen-bond acceptors (Lipinski definition) is 4. The highest BCUT2D eigenvalue weighted by Gasteiger charge is 2.15. The summed E-state index contributed by atoms with van der Waals surface area (Å²) in [4.78, 5) is 4.53. The molecule has 0 aliphatic heterocycles. The number of ether oxygens (including phenoxy) is 2. The van der Waals surface area contributed by atoms with Crippen LogP contribution in [0.15, 0.2) is 15.9 Å². The minimum Gasteiger partial charge on any atom is -0.496 e. The van der Waals surface area contributed by atoms with Gasteiger partial charge in [0.2, 0.25) is 0 Å². The van der Waals surface area contributed by atoms with Crippen molar-refractivity contribution in [2.24, 2.45) is 0 Å². The minimum absolute atomic E-state index is 0.814. The molecule has 1 heterocycles. The smallest absolute Gasteiger partial charge is 0.129 e. The fourth-order valence-electron chi connectivity index (χ4n) is 1.71. The van der Waals surface area contributed by atoms with Crippen molar-refractivity contribution in [3.05, 3.63) is 27.2 Å². The Labute approximate surface area is 119 Å². The average molecular weight is 328 g/mol. The number of aromatic nitrogens is 1. The zero-order valence-electron chi connectivity index (χ0n) is 10.7. The molecule has 0 unspecified atom stereocenters. The molecule has 0 saturated carbocycles. The van der Waals surface area contributed by atoms with E-state index < -0.39 is 0 Å². The largest absolute Gasteiger partial charge is 0.496 e. The Morgan fingerprint density at radius 2 is 1.78 bits per heavy atom. The molecule has 0 bridgehead atoms. The van der Waals surface area contributed by atoms with E-state index in [9.17, 15) is 0 Å². The van der Waals surface area contributed by atoms with Gasteiger partial charge in [0.25, 0.3) is 0 Å². The molecule has 0 amide bonds. The second-order valence-electron chi connectivity index (χ2n) is 3.90. The lowest BCUT2D eigenvalue weighted by molar-refractivity contribution is 0.402. The molecule has 18 heavy (non-hydrogen) atoms. The Morgan fingerprint density at radius 3 is 2.28 bits per heavy atom. The van der Waals surface area contributed by atoms with Gasteiger partial charge < -0.3 is 9.47 Å². The van der Waals surface area contributed by atoms with E-state index in [0.29, 0.717) is 0 Å². The number of hydrogen-bond donors (Lipinski definition) is 0. The van der Waals surface area contributed by atoms with Crippen LogP contribution in [-0.4, -0.2) is 19.2 Å². The van der Waals surface area contributed by atoms with Crippen LogP contribution in [0.1, 0.15) is 11.3 Å². The third-order valence-electron chi connectivity index (χ3n) is 2.69. The van der Waals surface area contributed by atoms with Crippen LogP contribution in [0.4, 0.5) is 0 Å². The van der Waals surface area contributed by atoms with Gasteiger partial charge in [0.05, 0.1) is 29.3 Å². The number of methoxy groups -OCH3 is 2. The Hall–Kier alpha value is -1.07. The highest BCUT2D eigenvalue weighted by Crippen LogP contribution is 2.39. The highest BCUT2D eigenvalue weighted by molar-refractivity contribution is 9.11. The maximum absolute atomic E-state index is 5.43. The lowest BCUT2D eigenvalue weighted by Gasteiger charge is -2.11. The van der Waals surface area contributed by atoms with E-state index in [1.807, 2.05) is 26.0 Å². The summed E-state index contributed by atoms with van der Waals surface area (Å²) < 4.78 is 11.8. The molecule has 5 heteroatoms. The molecule has 0 aliphatic rings. The first kappa shape index (κ1) is 13.4. The first-order chi connectivity index (χ1) is 8.56. The Morgan fingerprint density at radius 1 is 1.11 bits per heavy atom. The molecule has 3 nitrogen and oxygen atoms in total. The summed E-state index contributed by atoms with van der Waals surface area (Å²) in [6, 6.07) is 3.94. The maximum atomic E-state index is 5.43. The van der Waals surface area contributed by atoms with Gasteiger partial charge >= 0.3 is 0 Å². The van der Waals surface area contributed by atoms with Crippen LogP contribution >= 0.6 is 27.3 Å². The number of aryl methyl sites for hydroxylation is 2. The van der Waals surface area contributed by atoms with Gasteiger partial charge in [0.15, 0.2) is 0 Å². The Balaban J connectivity index is 2.61. The molecule has 1 aromatic heterocycles. The molecular weight excluding hydrogens is 314 g/mol. The van der Waals surface area contributed by atoms with Crippen molar-refractivity contribution >= 4 is 27.3 Å². The van der Waals surface area contributed by atoms with Crippen molar-refractivity contribution in [3.63, 3.8) is 0 Å². The number of halogens is 1. The lowest BCUT2D eigenvalue weighted by atomic mass is 10.1. The Bertz CT molecular complexity index is 561. The first-order valence-corrected chi connectivity index (χ1v) is 7.03. The molecule has 1 aromatic carbocycles. The van der Waals surface area contributed by atoms with Crippen molar-refractivity contribution in [1.82, 2.24) is 4.98 Å². The van der Waals surface area contributed by atoms with Crippen molar-refractivity contribution in [2.75, 3.05) is 14.2 Å². The molecule has 0 atom stereocenters. The standard InChI is InChI=1S/C13H14BrNO2S/c1-7-5-11(17-4)9(6-10(7)16-3)13-15-8(2)12(14)18-13/h5-6H,1-4H3. The molecular formula is C13H14BrNO2S. The maximum Gasteiger partial charge on any atom is 0.129 e. The third kappa shape index (κ3) is 2.37. The molecule has 2 aromatic rings. The van der Waals surface area contributed by atoms with Gasteiger partial charge in [-0.05, 0) is 47.5 Å². The molecule has 96 valence electrons. The fourth-order valence-corrected chi connectivity index (χ4v) is 3.07. The van der Waals surface area contributed by atoms with Gasteiger partial charge in [-0.2, -0.15) is 0 Å². The van der Waals surface area contributed by atoms with E-state index in [-0.39, 0.29) is 0 Å². The normalized spacial score (nSPS) is 10.5. The van der Waals surface area contributed by atoms with Crippen LogP contribution < -0.4 is 9.47 Å². The number of benzene rings is 1. The van der Waals surface area contributed by atoms with Crippen LogP contribution in [-0.2, 0) is 0 Å².